The summed E-state index contributed by atoms with van der Waals surface area (Å²) in [5.74, 6) is -0.458. The first-order valence-corrected chi connectivity index (χ1v) is 9.86. The van der Waals surface area contributed by atoms with Crippen molar-refractivity contribution in [1.82, 2.24) is 20.1 Å². The van der Waals surface area contributed by atoms with E-state index in [0.29, 0.717) is 15.6 Å². The van der Waals surface area contributed by atoms with Crippen molar-refractivity contribution in [3.05, 3.63) is 40.3 Å². The molecule has 7 nitrogen and oxygen atoms in total. The maximum atomic E-state index is 11.5. The molecule has 3 aromatic rings. The predicted molar refractivity (Wildman–Crippen MR) is 107 cm³/mol. The lowest BCUT2D eigenvalue weighted by atomic mass is 10.0. The molecular weight excluding hydrogens is 403 g/mol. The van der Waals surface area contributed by atoms with E-state index in [0.717, 1.165) is 48.1 Å². The van der Waals surface area contributed by atoms with Crippen LogP contribution in [-0.4, -0.2) is 39.0 Å². The van der Waals surface area contributed by atoms with Crippen molar-refractivity contribution in [2.24, 2.45) is 0 Å². The van der Waals surface area contributed by atoms with E-state index < -0.39 is 12.5 Å². The molecule has 1 unspecified atom stereocenters. The molecule has 28 heavy (non-hydrogen) atoms. The Morgan fingerprint density at radius 2 is 2.25 bits per heavy atom. The van der Waals surface area contributed by atoms with Crippen molar-refractivity contribution in [2.45, 2.75) is 32.0 Å². The lowest BCUT2D eigenvalue weighted by molar-refractivity contribution is -0.123. The Morgan fingerprint density at radius 3 is 3.00 bits per heavy atom. The molecule has 1 saturated heterocycles. The van der Waals surface area contributed by atoms with Gasteiger partial charge in [-0.3, -0.25) is 4.79 Å². The first-order chi connectivity index (χ1) is 13.6. The number of nitrogens with one attached hydrogen (secondary N) is 2. The molecule has 0 spiro atoms. The van der Waals surface area contributed by atoms with Gasteiger partial charge in [0.05, 0.1) is 28.3 Å². The molecular formula is C19H20Cl2N4O3. The quantitative estimate of drug-likeness (QED) is 0.584. The van der Waals surface area contributed by atoms with E-state index in [4.69, 9.17) is 33.0 Å². The monoisotopic (exact) mass is 422 g/mol. The van der Waals surface area contributed by atoms with Crippen molar-refractivity contribution in [1.29, 1.82) is 0 Å². The number of amides is 1. The minimum absolute atomic E-state index is 0.0664. The van der Waals surface area contributed by atoms with Crippen LogP contribution in [0.25, 0.3) is 22.0 Å². The van der Waals surface area contributed by atoms with Crippen molar-refractivity contribution in [2.75, 3.05) is 13.2 Å². The van der Waals surface area contributed by atoms with Gasteiger partial charge in [-0.15, -0.1) is 0 Å². The first-order valence-electron chi connectivity index (χ1n) is 9.10. The second-order valence-electron chi connectivity index (χ2n) is 6.73. The van der Waals surface area contributed by atoms with E-state index in [1.54, 1.807) is 12.3 Å². The molecule has 4 rings (SSSR count). The van der Waals surface area contributed by atoms with Crippen LogP contribution in [0.5, 0.6) is 0 Å². The molecule has 1 amide bonds. The van der Waals surface area contributed by atoms with Crippen LogP contribution in [0.15, 0.2) is 24.5 Å². The Hall–Kier alpha value is -2.06. The van der Waals surface area contributed by atoms with Crippen molar-refractivity contribution in [3.8, 4) is 11.1 Å². The van der Waals surface area contributed by atoms with Gasteiger partial charge >= 0.3 is 0 Å². The number of nitrogens with zero attached hydrogens (tertiary/aromatic N) is 2. The molecule has 0 radical (unpaired) electrons. The number of carbonyl (C=O) groups is 1. The molecule has 0 aliphatic carbocycles. The van der Waals surface area contributed by atoms with Gasteiger partial charge in [0, 0.05) is 35.0 Å². The van der Waals surface area contributed by atoms with Crippen LogP contribution in [0.3, 0.4) is 0 Å². The summed E-state index contributed by atoms with van der Waals surface area (Å²) in [7, 11) is 0. The number of hydrogen-bond acceptors (Lipinski definition) is 4. The number of hydrogen-bond donors (Lipinski definition) is 3. The molecule has 0 saturated carbocycles. The Balaban J connectivity index is 1.76. The highest BCUT2D eigenvalue weighted by molar-refractivity contribution is 6.45. The van der Waals surface area contributed by atoms with Gasteiger partial charge in [0.15, 0.2) is 0 Å². The zero-order valence-electron chi connectivity index (χ0n) is 15.0. The normalized spacial score (nSPS) is 17.2. The molecule has 1 aromatic carbocycles. The molecule has 1 atom stereocenters. The molecule has 2 aromatic heterocycles. The number of rotatable bonds is 5. The molecule has 9 heteroatoms. The van der Waals surface area contributed by atoms with Gasteiger partial charge in [0.2, 0.25) is 5.91 Å². The second-order valence-corrected chi connectivity index (χ2v) is 7.51. The number of fused-ring (bicyclic) bond motifs is 1. The largest absolute Gasteiger partial charge is 0.387 e. The van der Waals surface area contributed by atoms with Gasteiger partial charge in [0.1, 0.15) is 12.8 Å². The van der Waals surface area contributed by atoms with E-state index in [-0.39, 0.29) is 12.8 Å². The standard InChI is InChI=1S/C19H20Cl2N4O3/c20-13-5-4-12-17(11-7-23-25(9-11)16-3-1-2-6-28-16)14(8-22-15(27)10-26)24-19(12)18(13)21/h4-5,7,9,16,24,26H,1-3,6,8,10H2,(H,22,27). The van der Waals surface area contributed by atoms with Gasteiger partial charge in [-0.2, -0.15) is 5.10 Å². The smallest absolute Gasteiger partial charge is 0.246 e. The molecule has 1 aliphatic heterocycles. The van der Waals surface area contributed by atoms with Crippen LogP contribution in [0.1, 0.15) is 31.2 Å². The molecule has 1 fully saturated rings. The zero-order valence-corrected chi connectivity index (χ0v) is 16.6. The summed E-state index contributed by atoms with van der Waals surface area (Å²) in [5.41, 5.74) is 3.21. The van der Waals surface area contributed by atoms with E-state index >= 15 is 0 Å². The molecule has 0 bridgehead atoms. The Labute approximate surface area is 171 Å². The number of benzene rings is 1. The van der Waals surface area contributed by atoms with Gasteiger partial charge in [0.25, 0.3) is 0 Å². The SMILES string of the molecule is O=C(CO)NCc1[nH]c2c(Cl)c(Cl)ccc2c1-c1cnn(C2CCCCO2)c1. The van der Waals surface area contributed by atoms with Crippen LogP contribution in [0.2, 0.25) is 10.0 Å². The third-order valence-corrected chi connectivity index (χ3v) is 5.69. The summed E-state index contributed by atoms with van der Waals surface area (Å²) in [4.78, 5) is 14.8. The number of halogens is 2. The maximum absolute atomic E-state index is 11.5. The Bertz CT molecular complexity index is 1010. The second kappa shape index (κ2) is 8.13. The van der Waals surface area contributed by atoms with Crippen LogP contribution in [0.4, 0.5) is 0 Å². The Kier molecular flexibility index (Phi) is 5.59. The van der Waals surface area contributed by atoms with Crippen LogP contribution in [0, 0.1) is 0 Å². The molecule has 3 heterocycles. The number of aliphatic hydroxyl groups is 1. The van der Waals surface area contributed by atoms with E-state index in [9.17, 15) is 4.79 Å². The number of aromatic amines is 1. The lowest BCUT2D eigenvalue weighted by Crippen LogP contribution is -2.25. The topological polar surface area (TPSA) is 92.2 Å². The molecule has 148 valence electrons. The predicted octanol–water partition coefficient (Wildman–Crippen LogP) is 3.65. The van der Waals surface area contributed by atoms with Crippen LogP contribution in [-0.2, 0) is 16.1 Å². The number of H-pyrrole nitrogens is 1. The summed E-state index contributed by atoms with van der Waals surface area (Å²) >= 11 is 12.5. The number of aliphatic hydroxyl groups excluding tert-OH is 1. The van der Waals surface area contributed by atoms with E-state index in [1.807, 2.05) is 16.9 Å². The minimum Gasteiger partial charge on any atom is -0.387 e. The lowest BCUT2D eigenvalue weighted by Gasteiger charge is -2.22. The highest BCUT2D eigenvalue weighted by Gasteiger charge is 2.21. The van der Waals surface area contributed by atoms with E-state index in [1.165, 1.54) is 0 Å². The van der Waals surface area contributed by atoms with Crippen molar-refractivity contribution in [3.63, 3.8) is 0 Å². The first kappa shape index (κ1) is 19.3. The fourth-order valence-electron chi connectivity index (χ4n) is 3.52. The average molecular weight is 423 g/mol. The maximum Gasteiger partial charge on any atom is 0.246 e. The summed E-state index contributed by atoms with van der Waals surface area (Å²) in [5, 5.41) is 17.9. The minimum atomic E-state index is -0.570. The van der Waals surface area contributed by atoms with E-state index in [2.05, 4.69) is 15.4 Å². The third kappa shape index (κ3) is 3.63. The van der Waals surface area contributed by atoms with Crippen LogP contribution < -0.4 is 5.32 Å². The highest BCUT2D eigenvalue weighted by atomic mass is 35.5. The average Bonchev–Trinajstić information content (AvgIpc) is 3.34. The van der Waals surface area contributed by atoms with Gasteiger partial charge in [-0.1, -0.05) is 29.3 Å². The summed E-state index contributed by atoms with van der Waals surface area (Å²) in [6, 6.07) is 3.63. The van der Waals surface area contributed by atoms with Gasteiger partial charge < -0.3 is 20.1 Å². The fraction of sp³-hybridized carbons (Fsp3) is 0.368. The van der Waals surface area contributed by atoms with Gasteiger partial charge in [-0.05, 0) is 25.3 Å². The molecule has 1 aliphatic rings. The summed E-state index contributed by atoms with van der Waals surface area (Å²) in [6.07, 6.45) is 6.76. The molecule has 3 N–H and O–H groups in total. The number of aromatic nitrogens is 3. The number of carbonyl (C=O) groups excluding carboxylic acids is 1. The van der Waals surface area contributed by atoms with Gasteiger partial charge in [-0.25, -0.2) is 4.68 Å². The third-order valence-electron chi connectivity index (χ3n) is 4.89. The summed E-state index contributed by atoms with van der Waals surface area (Å²) in [6.45, 7) is 0.376. The summed E-state index contributed by atoms with van der Waals surface area (Å²) < 4.78 is 7.64. The van der Waals surface area contributed by atoms with Crippen molar-refractivity contribution < 1.29 is 14.6 Å². The van der Waals surface area contributed by atoms with Crippen LogP contribution >= 0.6 is 23.2 Å². The Morgan fingerprint density at radius 1 is 1.39 bits per heavy atom. The zero-order chi connectivity index (χ0) is 19.7. The number of ether oxygens (including phenoxy) is 1. The highest BCUT2D eigenvalue weighted by Crippen LogP contribution is 2.38. The van der Waals surface area contributed by atoms with Crippen molar-refractivity contribution >= 4 is 40.0 Å². The fourth-order valence-corrected chi connectivity index (χ4v) is 3.89.